The van der Waals surface area contributed by atoms with Crippen LogP contribution in [0.4, 0.5) is 13.2 Å². The molecule has 2 nitrogen and oxygen atoms in total. The zero-order valence-corrected chi connectivity index (χ0v) is 12.3. The second-order valence-electron chi connectivity index (χ2n) is 5.68. The molecule has 0 spiro atoms. The molecule has 0 radical (unpaired) electrons. The Morgan fingerprint density at radius 2 is 2.00 bits per heavy atom. The van der Waals surface area contributed by atoms with Crippen molar-refractivity contribution in [1.29, 1.82) is 0 Å². The summed E-state index contributed by atoms with van der Waals surface area (Å²) in [4.78, 5) is 2.27. The normalized spacial score (nSPS) is 27.5. The smallest absolute Gasteiger partial charge is 0.311 e. The summed E-state index contributed by atoms with van der Waals surface area (Å²) >= 11 is 0. The predicted molar refractivity (Wildman–Crippen MR) is 72.2 cm³/mol. The van der Waals surface area contributed by atoms with Crippen LogP contribution in [0.2, 0.25) is 0 Å². The lowest BCUT2D eigenvalue weighted by Crippen LogP contribution is -2.58. The molecular formula is C14H27F3N2. The van der Waals surface area contributed by atoms with Gasteiger partial charge in [0.1, 0.15) is 0 Å². The third-order valence-corrected chi connectivity index (χ3v) is 4.24. The summed E-state index contributed by atoms with van der Waals surface area (Å²) in [7, 11) is 0. The van der Waals surface area contributed by atoms with Crippen LogP contribution in [0.15, 0.2) is 0 Å². The van der Waals surface area contributed by atoms with E-state index in [9.17, 15) is 13.2 Å². The Balaban J connectivity index is 2.51. The third-order valence-electron chi connectivity index (χ3n) is 4.24. The zero-order valence-electron chi connectivity index (χ0n) is 12.3. The van der Waals surface area contributed by atoms with Crippen molar-refractivity contribution in [3.05, 3.63) is 0 Å². The SMILES string of the molecule is CCC1CN(CCCC(F)(F)F)C(C(C)CC)CN1. The maximum atomic E-state index is 12.2. The number of halogens is 3. The Labute approximate surface area is 114 Å². The van der Waals surface area contributed by atoms with Crippen molar-refractivity contribution in [2.75, 3.05) is 19.6 Å². The van der Waals surface area contributed by atoms with Gasteiger partial charge in [0.25, 0.3) is 0 Å². The summed E-state index contributed by atoms with van der Waals surface area (Å²) < 4.78 is 36.7. The summed E-state index contributed by atoms with van der Waals surface area (Å²) in [6.45, 7) is 8.80. The average Bonchev–Trinajstić information content (AvgIpc) is 2.36. The first-order chi connectivity index (χ1) is 8.87. The third kappa shape index (κ3) is 5.69. The van der Waals surface area contributed by atoms with E-state index in [1.54, 1.807) is 0 Å². The average molecular weight is 280 g/mol. The van der Waals surface area contributed by atoms with Crippen molar-refractivity contribution in [2.45, 2.75) is 64.7 Å². The highest BCUT2D eigenvalue weighted by molar-refractivity contribution is 4.88. The van der Waals surface area contributed by atoms with E-state index in [0.717, 1.165) is 25.9 Å². The van der Waals surface area contributed by atoms with Gasteiger partial charge in [0.15, 0.2) is 0 Å². The summed E-state index contributed by atoms with van der Waals surface area (Å²) in [5.74, 6) is 0.524. The monoisotopic (exact) mass is 280 g/mol. The first kappa shape index (κ1) is 16.8. The van der Waals surface area contributed by atoms with Gasteiger partial charge in [-0.25, -0.2) is 0 Å². The number of nitrogens with one attached hydrogen (secondary N) is 1. The van der Waals surface area contributed by atoms with Crippen LogP contribution in [0, 0.1) is 5.92 Å². The highest BCUT2D eigenvalue weighted by Crippen LogP contribution is 2.24. The highest BCUT2D eigenvalue weighted by Gasteiger charge is 2.31. The topological polar surface area (TPSA) is 15.3 Å². The molecule has 0 aliphatic carbocycles. The Bertz CT molecular complexity index is 256. The molecule has 114 valence electrons. The molecule has 1 rings (SSSR count). The number of rotatable bonds is 6. The van der Waals surface area contributed by atoms with Gasteiger partial charge < -0.3 is 5.32 Å². The molecule has 1 N–H and O–H groups in total. The number of piperazine rings is 1. The predicted octanol–water partition coefficient (Wildman–Crippen LogP) is 3.43. The van der Waals surface area contributed by atoms with Gasteiger partial charge in [0.05, 0.1) is 0 Å². The number of hydrogen-bond donors (Lipinski definition) is 1. The van der Waals surface area contributed by atoms with Gasteiger partial charge in [-0.1, -0.05) is 27.2 Å². The molecule has 1 heterocycles. The van der Waals surface area contributed by atoms with E-state index in [2.05, 4.69) is 31.0 Å². The maximum Gasteiger partial charge on any atom is 0.389 e. The van der Waals surface area contributed by atoms with E-state index in [4.69, 9.17) is 0 Å². The van der Waals surface area contributed by atoms with Crippen LogP contribution in [-0.2, 0) is 0 Å². The molecule has 3 unspecified atom stereocenters. The number of nitrogens with zero attached hydrogens (tertiary/aromatic N) is 1. The molecule has 1 aliphatic heterocycles. The molecular weight excluding hydrogens is 253 g/mol. The molecule has 0 amide bonds. The van der Waals surface area contributed by atoms with E-state index in [1.165, 1.54) is 0 Å². The van der Waals surface area contributed by atoms with Crippen LogP contribution in [0.3, 0.4) is 0 Å². The van der Waals surface area contributed by atoms with Gasteiger partial charge in [-0.3, -0.25) is 4.90 Å². The van der Waals surface area contributed by atoms with Crippen LogP contribution in [0.25, 0.3) is 0 Å². The molecule has 0 aromatic rings. The van der Waals surface area contributed by atoms with Crippen molar-refractivity contribution in [2.24, 2.45) is 5.92 Å². The Morgan fingerprint density at radius 3 is 2.53 bits per heavy atom. The van der Waals surface area contributed by atoms with Gasteiger partial charge in [0, 0.05) is 31.6 Å². The Morgan fingerprint density at radius 1 is 1.32 bits per heavy atom. The van der Waals surface area contributed by atoms with Crippen molar-refractivity contribution < 1.29 is 13.2 Å². The Kier molecular flexibility index (Phi) is 6.60. The minimum Gasteiger partial charge on any atom is -0.311 e. The largest absolute Gasteiger partial charge is 0.389 e. The fourth-order valence-electron chi connectivity index (χ4n) is 2.75. The van der Waals surface area contributed by atoms with E-state index in [-0.39, 0.29) is 6.42 Å². The fraction of sp³-hybridized carbons (Fsp3) is 1.00. The number of alkyl halides is 3. The quantitative estimate of drug-likeness (QED) is 0.802. The molecule has 5 heteroatoms. The minimum absolute atomic E-state index is 0.215. The molecule has 0 aromatic heterocycles. The summed E-state index contributed by atoms with van der Waals surface area (Å²) in [6.07, 6.45) is -2.38. The van der Waals surface area contributed by atoms with E-state index >= 15 is 0 Å². The molecule has 0 aromatic carbocycles. The first-order valence-electron chi connectivity index (χ1n) is 7.41. The molecule has 19 heavy (non-hydrogen) atoms. The van der Waals surface area contributed by atoms with Gasteiger partial charge in [-0.05, 0) is 25.3 Å². The summed E-state index contributed by atoms with van der Waals surface area (Å²) in [6, 6.07) is 0.798. The van der Waals surface area contributed by atoms with E-state index in [0.29, 0.717) is 24.5 Å². The summed E-state index contributed by atoms with van der Waals surface area (Å²) in [5.41, 5.74) is 0. The second-order valence-corrected chi connectivity index (χ2v) is 5.68. The van der Waals surface area contributed by atoms with Gasteiger partial charge >= 0.3 is 6.18 Å². The van der Waals surface area contributed by atoms with Gasteiger partial charge in [-0.2, -0.15) is 13.2 Å². The lowest BCUT2D eigenvalue weighted by Gasteiger charge is -2.43. The standard InChI is InChI=1S/C14H27F3N2/c1-4-11(3)13-9-18-12(5-2)10-19(13)8-6-7-14(15,16)17/h11-13,18H,4-10H2,1-3H3. The highest BCUT2D eigenvalue weighted by atomic mass is 19.4. The molecule has 0 bridgehead atoms. The Hall–Kier alpha value is -0.290. The second kappa shape index (κ2) is 7.48. The molecule has 1 fully saturated rings. The lowest BCUT2D eigenvalue weighted by molar-refractivity contribution is -0.136. The minimum atomic E-state index is -4.02. The zero-order chi connectivity index (χ0) is 14.5. The van der Waals surface area contributed by atoms with Crippen molar-refractivity contribution >= 4 is 0 Å². The van der Waals surface area contributed by atoms with Crippen LogP contribution >= 0.6 is 0 Å². The molecule has 0 saturated carbocycles. The van der Waals surface area contributed by atoms with Gasteiger partial charge in [0.2, 0.25) is 0 Å². The van der Waals surface area contributed by atoms with Crippen LogP contribution in [0.1, 0.15) is 46.5 Å². The molecule has 1 saturated heterocycles. The van der Waals surface area contributed by atoms with Crippen LogP contribution in [-0.4, -0.2) is 42.8 Å². The van der Waals surface area contributed by atoms with Crippen LogP contribution in [0.5, 0.6) is 0 Å². The molecule has 1 aliphatic rings. The molecule has 3 atom stereocenters. The van der Waals surface area contributed by atoms with Gasteiger partial charge in [-0.15, -0.1) is 0 Å². The first-order valence-corrected chi connectivity index (χ1v) is 7.41. The maximum absolute atomic E-state index is 12.2. The van der Waals surface area contributed by atoms with Crippen molar-refractivity contribution in [3.8, 4) is 0 Å². The van der Waals surface area contributed by atoms with Crippen LogP contribution < -0.4 is 5.32 Å². The fourth-order valence-corrected chi connectivity index (χ4v) is 2.75. The van der Waals surface area contributed by atoms with Crippen molar-refractivity contribution in [3.63, 3.8) is 0 Å². The van der Waals surface area contributed by atoms with E-state index < -0.39 is 12.6 Å². The number of hydrogen-bond acceptors (Lipinski definition) is 2. The van der Waals surface area contributed by atoms with E-state index in [1.807, 2.05) is 0 Å². The van der Waals surface area contributed by atoms with Crippen molar-refractivity contribution in [1.82, 2.24) is 10.2 Å². The lowest BCUT2D eigenvalue weighted by atomic mass is 9.94. The summed E-state index contributed by atoms with van der Waals surface area (Å²) in [5, 5.41) is 3.51.